The minimum absolute atomic E-state index is 0.612. The highest BCUT2D eigenvalue weighted by Crippen LogP contribution is 2.01. The summed E-state index contributed by atoms with van der Waals surface area (Å²) in [6, 6.07) is 10.5. The Morgan fingerprint density at radius 2 is 1.81 bits per heavy atom. The van der Waals surface area contributed by atoms with Gasteiger partial charge < -0.3 is 15.1 Å². The molecule has 21 heavy (non-hydrogen) atoms. The van der Waals surface area contributed by atoms with E-state index in [1.807, 2.05) is 6.07 Å². The molecule has 1 rings (SSSR count). The van der Waals surface area contributed by atoms with Crippen LogP contribution in [0.4, 0.5) is 0 Å². The smallest absolute Gasteiger partial charge is 0.168 e. The molecular formula is C17H29N3S. The summed E-state index contributed by atoms with van der Waals surface area (Å²) in [6.45, 7) is 8.35. The quantitative estimate of drug-likeness (QED) is 0.744. The molecule has 118 valence electrons. The molecule has 0 aliphatic heterocycles. The molecule has 0 aliphatic rings. The Labute approximate surface area is 135 Å². The van der Waals surface area contributed by atoms with E-state index < -0.39 is 0 Å². The molecule has 0 aromatic heterocycles. The molecule has 0 heterocycles. The Morgan fingerprint density at radius 1 is 1.14 bits per heavy atom. The fraction of sp³-hybridized carbons (Fsp3) is 0.588. The summed E-state index contributed by atoms with van der Waals surface area (Å²) in [7, 11) is 4.19. The zero-order chi connectivity index (χ0) is 15.7. The number of benzene rings is 1. The van der Waals surface area contributed by atoms with Crippen LogP contribution in [0.2, 0.25) is 0 Å². The van der Waals surface area contributed by atoms with Gasteiger partial charge in [-0.3, -0.25) is 0 Å². The van der Waals surface area contributed by atoms with Gasteiger partial charge in [-0.2, -0.15) is 0 Å². The lowest BCUT2D eigenvalue weighted by molar-refractivity contribution is 0.305. The summed E-state index contributed by atoms with van der Waals surface area (Å²) in [6.07, 6.45) is 1.00. The van der Waals surface area contributed by atoms with Gasteiger partial charge >= 0.3 is 0 Å². The van der Waals surface area contributed by atoms with E-state index >= 15 is 0 Å². The second kappa shape index (κ2) is 9.74. The maximum Gasteiger partial charge on any atom is 0.168 e. The molecule has 0 amide bonds. The van der Waals surface area contributed by atoms with Crippen LogP contribution >= 0.6 is 12.2 Å². The van der Waals surface area contributed by atoms with Crippen molar-refractivity contribution in [1.29, 1.82) is 0 Å². The molecule has 0 saturated carbocycles. The molecule has 0 aliphatic carbocycles. The largest absolute Gasteiger partial charge is 0.362 e. The Hall–Kier alpha value is -1.13. The van der Waals surface area contributed by atoms with Crippen molar-refractivity contribution < 1.29 is 0 Å². The molecule has 1 aromatic carbocycles. The van der Waals surface area contributed by atoms with Gasteiger partial charge in [-0.25, -0.2) is 0 Å². The average Bonchev–Trinajstić information content (AvgIpc) is 2.44. The van der Waals surface area contributed by atoms with E-state index in [0.29, 0.717) is 5.92 Å². The summed E-state index contributed by atoms with van der Waals surface area (Å²) in [4.78, 5) is 4.48. The van der Waals surface area contributed by atoms with Crippen LogP contribution in [0.3, 0.4) is 0 Å². The summed E-state index contributed by atoms with van der Waals surface area (Å²) >= 11 is 5.56. The van der Waals surface area contributed by atoms with Gasteiger partial charge in [0.15, 0.2) is 5.11 Å². The minimum Gasteiger partial charge on any atom is -0.362 e. The van der Waals surface area contributed by atoms with Crippen molar-refractivity contribution in [1.82, 2.24) is 15.1 Å². The van der Waals surface area contributed by atoms with E-state index in [9.17, 15) is 0 Å². The van der Waals surface area contributed by atoms with Crippen LogP contribution in [0.25, 0.3) is 0 Å². The van der Waals surface area contributed by atoms with Crippen LogP contribution in [-0.2, 0) is 6.42 Å². The molecule has 0 radical (unpaired) electrons. The first-order chi connectivity index (χ1) is 9.99. The number of hydrogen-bond acceptors (Lipinski definition) is 2. The van der Waals surface area contributed by atoms with Crippen LogP contribution in [0.5, 0.6) is 0 Å². The van der Waals surface area contributed by atoms with Gasteiger partial charge in [-0.15, -0.1) is 0 Å². The Morgan fingerprint density at radius 3 is 2.38 bits per heavy atom. The van der Waals surface area contributed by atoms with Gasteiger partial charge in [0.05, 0.1) is 0 Å². The monoisotopic (exact) mass is 307 g/mol. The molecule has 1 aromatic rings. The van der Waals surface area contributed by atoms with Crippen LogP contribution in [0.15, 0.2) is 30.3 Å². The minimum atomic E-state index is 0.612. The van der Waals surface area contributed by atoms with E-state index in [4.69, 9.17) is 12.2 Å². The Balaban J connectivity index is 2.40. The van der Waals surface area contributed by atoms with Crippen molar-refractivity contribution in [3.8, 4) is 0 Å². The lowest BCUT2D eigenvalue weighted by atomic mass is 10.1. The number of nitrogens with one attached hydrogen (secondary N) is 1. The summed E-state index contributed by atoms with van der Waals surface area (Å²) < 4.78 is 0. The second-order valence-corrected chi connectivity index (χ2v) is 6.50. The van der Waals surface area contributed by atoms with Crippen molar-refractivity contribution in [2.45, 2.75) is 20.3 Å². The van der Waals surface area contributed by atoms with Gasteiger partial charge in [0.2, 0.25) is 0 Å². The molecule has 0 saturated heterocycles. The second-order valence-electron chi connectivity index (χ2n) is 6.11. The van der Waals surface area contributed by atoms with Crippen LogP contribution in [0.1, 0.15) is 19.4 Å². The van der Waals surface area contributed by atoms with Gasteiger partial charge in [-0.05, 0) is 44.2 Å². The Kier molecular flexibility index (Phi) is 8.31. The van der Waals surface area contributed by atoms with Gasteiger partial charge in [0.1, 0.15) is 0 Å². The lowest BCUT2D eigenvalue weighted by Crippen LogP contribution is -2.45. The van der Waals surface area contributed by atoms with Crippen molar-refractivity contribution in [2.75, 3.05) is 40.3 Å². The number of thiocarbonyl (C=S) groups is 1. The van der Waals surface area contributed by atoms with Crippen LogP contribution in [0, 0.1) is 5.92 Å². The molecule has 0 fully saturated rings. The van der Waals surface area contributed by atoms with E-state index in [0.717, 1.165) is 37.7 Å². The first kappa shape index (κ1) is 17.9. The highest BCUT2D eigenvalue weighted by Gasteiger charge is 2.11. The van der Waals surface area contributed by atoms with E-state index in [2.05, 4.69) is 67.3 Å². The first-order valence-electron chi connectivity index (χ1n) is 7.70. The molecule has 1 N–H and O–H groups in total. The molecule has 0 unspecified atom stereocenters. The van der Waals surface area contributed by atoms with E-state index in [1.165, 1.54) is 5.56 Å². The van der Waals surface area contributed by atoms with Gasteiger partial charge in [0.25, 0.3) is 0 Å². The molecule has 4 heteroatoms. The summed E-state index contributed by atoms with van der Waals surface area (Å²) in [5, 5.41) is 4.28. The van der Waals surface area contributed by atoms with E-state index in [-0.39, 0.29) is 0 Å². The maximum atomic E-state index is 5.56. The van der Waals surface area contributed by atoms with Gasteiger partial charge in [0, 0.05) is 26.2 Å². The third kappa shape index (κ3) is 8.02. The fourth-order valence-corrected chi connectivity index (χ4v) is 2.38. The first-order valence-corrected chi connectivity index (χ1v) is 8.11. The highest BCUT2D eigenvalue weighted by molar-refractivity contribution is 7.80. The zero-order valence-electron chi connectivity index (χ0n) is 13.8. The molecule has 3 nitrogen and oxygen atoms in total. The van der Waals surface area contributed by atoms with Crippen molar-refractivity contribution in [2.24, 2.45) is 5.92 Å². The standard InChI is InChI=1S/C17H29N3S/c1-15(2)14-20(13-12-19(3)4)17(21)18-11-10-16-8-6-5-7-9-16/h5-9,15H,10-14H2,1-4H3,(H,18,21). The SMILES string of the molecule is CC(C)CN(CCN(C)C)C(=S)NCCc1ccccc1. The third-order valence-electron chi connectivity index (χ3n) is 3.22. The maximum absolute atomic E-state index is 5.56. The number of rotatable bonds is 8. The zero-order valence-corrected chi connectivity index (χ0v) is 14.6. The average molecular weight is 308 g/mol. The third-order valence-corrected chi connectivity index (χ3v) is 3.63. The molecule has 0 spiro atoms. The Bertz CT molecular complexity index is 404. The van der Waals surface area contributed by atoms with Crippen LogP contribution < -0.4 is 5.32 Å². The predicted octanol–water partition coefficient (Wildman–Crippen LogP) is 2.62. The van der Waals surface area contributed by atoms with Crippen molar-refractivity contribution in [3.63, 3.8) is 0 Å². The topological polar surface area (TPSA) is 18.5 Å². The number of nitrogens with zero attached hydrogens (tertiary/aromatic N) is 2. The van der Waals surface area contributed by atoms with Crippen molar-refractivity contribution >= 4 is 17.3 Å². The summed E-state index contributed by atoms with van der Waals surface area (Å²) in [5.41, 5.74) is 1.34. The summed E-state index contributed by atoms with van der Waals surface area (Å²) in [5.74, 6) is 0.612. The van der Waals surface area contributed by atoms with Crippen molar-refractivity contribution in [3.05, 3.63) is 35.9 Å². The van der Waals surface area contributed by atoms with Gasteiger partial charge in [-0.1, -0.05) is 44.2 Å². The number of likely N-dealkylation sites (N-methyl/N-ethyl adjacent to an activating group) is 1. The highest BCUT2D eigenvalue weighted by atomic mass is 32.1. The molecule has 0 bridgehead atoms. The van der Waals surface area contributed by atoms with E-state index in [1.54, 1.807) is 0 Å². The number of hydrogen-bond donors (Lipinski definition) is 1. The molecular weight excluding hydrogens is 278 g/mol. The molecule has 0 atom stereocenters. The fourth-order valence-electron chi connectivity index (χ4n) is 2.11. The predicted molar refractivity (Wildman–Crippen MR) is 95.7 cm³/mol. The normalized spacial score (nSPS) is 11.0. The van der Waals surface area contributed by atoms with Crippen LogP contribution in [-0.4, -0.2) is 55.2 Å². The lowest BCUT2D eigenvalue weighted by Gasteiger charge is -2.28.